The molecule has 1 unspecified atom stereocenters. The zero-order chi connectivity index (χ0) is 13.7. The molecular formula is C16H20N2O. The molecule has 2 N–H and O–H groups in total. The molecule has 2 aromatic rings. The Morgan fingerprint density at radius 3 is 2.63 bits per heavy atom. The smallest absolute Gasteiger partial charge is 0.123 e. The SMILES string of the molecule is COc1ccc(C)cc1C(N)CCc1ccncc1. The third-order valence-corrected chi connectivity index (χ3v) is 3.28. The highest BCUT2D eigenvalue weighted by molar-refractivity contribution is 5.39. The molecule has 0 aliphatic heterocycles. The van der Waals surface area contributed by atoms with Crippen LogP contribution < -0.4 is 10.5 Å². The fourth-order valence-corrected chi connectivity index (χ4v) is 2.17. The van der Waals surface area contributed by atoms with Gasteiger partial charge in [-0.1, -0.05) is 17.7 Å². The topological polar surface area (TPSA) is 48.1 Å². The second-order valence-corrected chi connectivity index (χ2v) is 4.75. The van der Waals surface area contributed by atoms with Crippen LogP contribution in [0.4, 0.5) is 0 Å². The van der Waals surface area contributed by atoms with Crippen molar-refractivity contribution in [2.24, 2.45) is 5.73 Å². The minimum Gasteiger partial charge on any atom is -0.496 e. The molecule has 0 amide bonds. The molecule has 0 bridgehead atoms. The van der Waals surface area contributed by atoms with Gasteiger partial charge in [-0.25, -0.2) is 0 Å². The summed E-state index contributed by atoms with van der Waals surface area (Å²) < 4.78 is 5.38. The van der Waals surface area contributed by atoms with E-state index in [4.69, 9.17) is 10.5 Å². The molecule has 0 aliphatic carbocycles. The van der Waals surface area contributed by atoms with Crippen molar-refractivity contribution in [2.45, 2.75) is 25.8 Å². The number of aromatic nitrogens is 1. The molecule has 3 heteroatoms. The monoisotopic (exact) mass is 256 g/mol. The molecule has 0 radical (unpaired) electrons. The third-order valence-electron chi connectivity index (χ3n) is 3.28. The highest BCUT2D eigenvalue weighted by Gasteiger charge is 2.12. The predicted molar refractivity (Wildman–Crippen MR) is 77.2 cm³/mol. The number of aryl methyl sites for hydroxylation is 2. The summed E-state index contributed by atoms with van der Waals surface area (Å²) in [5.41, 5.74) is 9.84. The maximum Gasteiger partial charge on any atom is 0.123 e. The van der Waals surface area contributed by atoms with Crippen LogP contribution in [-0.4, -0.2) is 12.1 Å². The van der Waals surface area contributed by atoms with Gasteiger partial charge in [-0.05, 0) is 43.5 Å². The Hall–Kier alpha value is -1.87. The Bertz CT molecular complexity index is 526. The summed E-state index contributed by atoms with van der Waals surface area (Å²) >= 11 is 0. The van der Waals surface area contributed by atoms with Gasteiger partial charge in [0.1, 0.15) is 5.75 Å². The minimum atomic E-state index is -0.0111. The van der Waals surface area contributed by atoms with Gasteiger partial charge < -0.3 is 10.5 Å². The quantitative estimate of drug-likeness (QED) is 0.894. The molecule has 0 fully saturated rings. The van der Waals surface area contributed by atoms with Gasteiger partial charge in [0, 0.05) is 24.0 Å². The molecular weight excluding hydrogens is 236 g/mol. The summed E-state index contributed by atoms with van der Waals surface area (Å²) in [5.74, 6) is 0.868. The van der Waals surface area contributed by atoms with E-state index in [9.17, 15) is 0 Å². The van der Waals surface area contributed by atoms with E-state index in [0.717, 1.165) is 24.2 Å². The zero-order valence-electron chi connectivity index (χ0n) is 11.5. The van der Waals surface area contributed by atoms with Crippen LogP contribution in [0.25, 0.3) is 0 Å². The second-order valence-electron chi connectivity index (χ2n) is 4.75. The lowest BCUT2D eigenvalue weighted by Gasteiger charge is -2.16. The van der Waals surface area contributed by atoms with Crippen molar-refractivity contribution in [2.75, 3.05) is 7.11 Å². The van der Waals surface area contributed by atoms with Crippen molar-refractivity contribution < 1.29 is 4.74 Å². The van der Waals surface area contributed by atoms with Gasteiger partial charge in [0.05, 0.1) is 7.11 Å². The Balaban J connectivity index is 2.07. The maximum atomic E-state index is 6.29. The average Bonchev–Trinajstić information content (AvgIpc) is 2.46. The lowest BCUT2D eigenvalue weighted by Crippen LogP contribution is -2.13. The van der Waals surface area contributed by atoms with Crippen molar-refractivity contribution in [3.05, 3.63) is 59.4 Å². The first-order valence-electron chi connectivity index (χ1n) is 6.49. The van der Waals surface area contributed by atoms with Gasteiger partial charge in [0.25, 0.3) is 0 Å². The first-order chi connectivity index (χ1) is 9.20. The van der Waals surface area contributed by atoms with Crippen molar-refractivity contribution in [3.8, 4) is 5.75 Å². The predicted octanol–water partition coefficient (Wildman–Crippen LogP) is 3.03. The molecule has 3 nitrogen and oxygen atoms in total. The van der Waals surface area contributed by atoms with Gasteiger partial charge in [-0.3, -0.25) is 4.98 Å². The fraction of sp³-hybridized carbons (Fsp3) is 0.312. The van der Waals surface area contributed by atoms with Gasteiger partial charge in [0.2, 0.25) is 0 Å². The van der Waals surface area contributed by atoms with E-state index >= 15 is 0 Å². The number of methoxy groups -OCH3 is 1. The van der Waals surface area contributed by atoms with Crippen LogP contribution in [0.2, 0.25) is 0 Å². The molecule has 1 aromatic heterocycles. The lowest BCUT2D eigenvalue weighted by molar-refractivity contribution is 0.404. The molecule has 19 heavy (non-hydrogen) atoms. The van der Waals surface area contributed by atoms with E-state index in [1.807, 2.05) is 36.7 Å². The third kappa shape index (κ3) is 3.55. The van der Waals surface area contributed by atoms with Crippen molar-refractivity contribution in [3.63, 3.8) is 0 Å². The van der Waals surface area contributed by atoms with Gasteiger partial charge in [-0.2, -0.15) is 0 Å². The maximum absolute atomic E-state index is 6.29. The molecule has 1 aromatic carbocycles. The van der Waals surface area contributed by atoms with Crippen LogP contribution in [0.5, 0.6) is 5.75 Å². The summed E-state index contributed by atoms with van der Waals surface area (Å²) in [6.45, 7) is 2.07. The molecule has 0 saturated heterocycles. The van der Waals surface area contributed by atoms with Crippen LogP contribution in [0.3, 0.4) is 0 Å². The largest absolute Gasteiger partial charge is 0.496 e. The van der Waals surface area contributed by atoms with Gasteiger partial charge in [0.15, 0.2) is 0 Å². The second kappa shape index (κ2) is 6.34. The van der Waals surface area contributed by atoms with Crippen LogP contribution >= 0.6 is 0 Å². The van der Waals surface area contributed by atoms with Crippen LogP contribution in [0, 0.1) is 6.92 Å². The Morgan fingerprint density at radius 2 is 1.95 bits per heavy atom. The van der Waals surface area contributed by atoms with Gasteiger partial charge >= 0.3 is 0 Å². The fourth-order valence-electron chi connectivity index (χ4n) is 2.17. The molecule has 100 valence electrons. The van der Waals surface area contributed by atoms with Crippen molar-refractivity contribution >= 4 is 0 Å². The van der Waals surface area contributed by atoms with E-state index in [2.05, 4.69) is 18.0 Å². The van der Waals surface area contributed by atoms with E-state index < -0.39 is 0 Å². The number of ether oxygens (including phenoxy) is 1. The number of pyridine rings is 1. The van der Waals surface area contributed by atoms with Crippen LogP contribution in [0.15, 0.2) is 42.7 Å². The summed E-state index contributed by atoms with van der Waals surface area (Å²) in [4.78, 5) is 4.02. The highest BCUT2D eigenvalue weighted by Crippen LogP contribution is 2.27. The van der Waals surface area contributed by atoms with E-state index in [1.54, 1.807) is 7.11 Å². The lowest BCUT2D eigenvalue weighted by atomic mass is 9.98. The molecule has 0 saturated carbocycles. The Labute approximate surface area is 114 Å². The Morgan fingerprint density at radius 1 is 1.21 bits per heavy atom. The summed E-state index contributed by atoms with van der Waals surface area (Å²) in [6, 6.07) is 10.2. The molecule has 0 spiro atoms. The molecule has 1 heterocycles. The standard InChI is InChI=1S/C16H20N2O/c1-12-3-6-16(19-2)14(11-12)15(17)5-4-13-7-9-18-10-8-13/h3,6-11,15H,4-5,17H2,1-2H3. The van der Waals surface area contributed by atoms with Gasteiger partial charge in [-0.15, -0.1) is 0 Å². The number of benzene rings is 1. The Kier molecular flexibility index (Phi) is 4.53. The van der Waals surface area contributed by atoms with E-state index in [1.165, 1.54) is 11.1 Å². The van der Waals surface area contributed by atoms with Crippen LogP contribution in [0.1, 0.15) is 29.2 Å². The first kappa shape index (κ1) is 13.6. The van der Waals surface area contributed by atoms with E-state index in [-0.39, 0.29) is 6.04 Å². The number of hydrogen-bond donors (Lipinski definition) is 1. The van der Waals surface area contributed by atoms with E-state index in [0.29, 0.717) is 0 Å². The number of nitrogens with zero attached hydrogens (tertiary/aromatic N) is 1. The zero-order valence-corrected chi connectivity index (χ0v) is 11.5. The average molecular weight is 256 g/mol. The number of rotatable bonds is 5. The molecule has 0 aliphatic rings. The highest BCUT2D eigenvalue weighted by atomic mass is 16.5. The first-order valence-corrected chi connectivity index (χ1v) is 6.49. The molecule has 1 atom stereocenters. The summed E-state index contributed by atoms with van der Waals surface area (Å²) in [7, 11) is 1.68. The van der Waals surface area contributed by atoms with Crippen molar-refractivity contribution in [1.82, 2.24) is 4.98 Å². The summed E-state index contributed by atoms with van der Waals surface area (Å²) in [5, 5.41) is 0. The normalized spacial score (nSPS) is 12.2. The summed E-state index contributed by atoms with van der Waals surface area (Å²) in [6.07, 6.45) is 5.47. The van der Waals surface area contributed by atoms with Crippen LogP contribution in [-0.2, 0) is 6.42 Å². The number of hydrogen-bond acceptors (Lipinski definition) is 3. The van der Waals surface area contributed by atoms with Crippen molar-refractivity contribution in [1.29, 1.82) is 0 Å². The molecule has 2 rings (SSSR count). The number of nitrogens with two attached hydrogens (primary N) is 1. The minimum absolute atomic E-state index is 0.0111.